The van der Waals surface area contributed by atoms with Gasteiger partial charge in [0.25, 0.3) is 5.82 Å². The van der Waals surface area contributed by atoms with Crippen LogP contribution in [-0.4, -0.2) is 18.8 Å². The summed E-state index contributed by atoms with van der Waals surface area (Å²) in [4.78, 5) is 16.1. The molecule has 0 atom stereocenters. The van der Waals surface area contributed by atoms with Crippen LogP contribution in [0, 0.1) is 22.7 Å². The van der Waals surface area contributed by atoms with Crippen LogP contribution in [0.5, 0.6) is 5.75 Å². The molecule has 0 aliphatic carbocycles. The van der Waals surface area contributed by atoms with Crippen molar-refractivity contribution < 1.29 is 14.5 Å². The second-order valence-electron chi connectivity index (χ2n) is 5.88. The highest BCUT2D eigenvalue weighted by Gasteiger charge is 2.25. The van der Waals surface area contributed by atoms with E-state index in [1.807, 2.05) is 17.5 Å². The predicted molar refractivity (Wildman–Crippen MR) is 118 cm³/mol. The normalized spacial score (nSPS) is 10.1. The van der Waals surface area contributed by atoms with Crippen molar-refractivity contribution in [1.82, 2.24) is 0 Å². The second kappa shape index (κ2) is 9.51. The first-order chi connectivity index (χ1) is 14.5. The number of halogens is 1. The lowest BCUT2D eigenvalue weighted by Gasteiger charge is -2.11. The van der Waals surface area contributed by atoms with Crippen LogP contribution >= 0.6 is 34.7 Å². The molecule has 2 heterocycles. The number of nitrogens with one attached hydrogen (secondary N) is 2. The van der Waals surface area contributed by atoms with Gasteiger partial charge in [0.05, 0.1) is 18.6 Å². The number of rotatable bonds is 6. The molecule has 0 saturated heterocycles. The Hall–Kier alpha value is -3.24. The summed E-state index contributed by atoms with van der Waals surface area (Å²) in [6.07, 6.45) is 0. The number of carbonyl (C=O) groups excluding carboxylic acids is 1. The van der Waals surface area contributed by atoms with Crippen LogP contribution < -0.4 is 20.8 Å². The molecule has 0 bridgehead atoms. The van der Waals surface area contributed by atoms with Crippen LogP contribution in [0.3, 0.4) is 0 Å². The predicted octanol–water partition coefficient (Wildman–Crippen LogP) is 3.95. The Morgan fingerprint density at radius 2 is 2.10 bits per heavy atom. The zero-order valence-corrected chi connectivity index (χ0v) is 18.0. The highest BCUT2D eigenvalue weighted by molar-refractivity contribution is 7.99. The third-order valence-corrected chi connectivity index (χ3v) is 6.14. The number of hydrogen-bond acceptors (Lipinski definition) is 7. The molecular formula is C20H15ClN5O2S2+. The number of nitrogens with zero attached hydrogens (tertiary/aromatic N) is 2. The Bertz CT molecular complexity index is 1180. The molecule has 0 aliphatic rings. The summed E-state index contributed by atoms with van der Waals surface area (Å²) in [5, 5.41) is 24.7. The van der Waals surface area contributed by atoms with Crippen molar-refractivity contribution in [2.75, 3.05) is 23.9 Å². The summed E-state index contributed by atoms with van der Waals surface area (Å²) in [6, 6.07) is 12.7. The van der Waals surface area contributed by atoms with Crippen LogP contribution in [0.2, 0.25) is 5.02 Å². The Kier molecular flexibility index (Phi) is 6.80. The third kappa shape index (κ3) is 4.50. The lowest BCUT2D eigenvalue weighted by molar-refractivity contribution is -0.410. The first kappa shape index (κ1) is 21.5. The van der Waals surface area contributed by atoms with Gasteiger partial charge in [0.15, 0.2) is 10.6 Å². The van der Waals surface area contributed by atoms with Gasteiger partial charge in [-0.25, -0.2) is 4.98 Å². The van der Waals surface area contributed by atoms with Crippen LogP contribution in [0.4, 0.5) is 11.5 Å². The molecule has 10 heteroatoms. The molecule has 7 nitrogen and oxygen atoms in total. The maximum atomic E-state index is 12.5. The molecule has 4 N–H and O–H groups in total. The highest BCUT2D eigenvalue weighted by atomic mass is 35.5. The van der Waals surface area contributed by atoms with Crippen LogP contribution in [0.25, 0.3) is 10.4 Å². The summed E-state index contributed by atoms with van der Waals surface area (Å²) >= 11 is 8.50. The number of methoxy groups -OCH3 is 1. The van der Waals surface area contributed by atoms with E-state index < -0.39 is 0 Å². The number of nitriles is 2. The molecule has 0 fully saturated rings. The average Bonchev–Trinajstić information content (AvgIpc) is 3.26. The number of thiophene rings is 1. The van der Waals surface area contributed by atoms with Crippen molar-refractivity contribution in [3.05, 3.63) is 51.9 Å². The Morgan fingerprint density at radius 1 is 1.33 bits per heavy atom. The Balaban J connectivity index is 1.88. The number of anilines is 2. The van der Waals surface area contributed by atoms with Crippen LogP contribution in [0.15, 0.2) is 40.7 Å². The van der Waals surface area contributed by atoms with E-state index in [4.69, 9.17) is 22.1 Å². The number of hydrogen-bond donors (Lipinski definition) is 2. The summed E-state index contributed by atoms with van der Waals surface area (Å²) < 4.78 is 5.22. The van der Waals surface area contributed by atoms with E-state index in [9.17, 15) is 15.3 Å². The minimum absolute atomic E-state index is 0.00390. The molecule has 0 aliphatic heterocycles. The molecule has 1 amide bonds. The van der Waals surface area contributed by atoms with Gasteiger partial charge in [-0.1, -0.05) is 29.4 Å². The van der Waals surface area contributed by atoms with Gasteiger partial charge in [-0.05, 0) is 29.6 Å². The molecule has 0 spiro atoms. The molecule has 1 aromatic carbocycles. The number of pyridine rings is 1. The van der Waals surface area contributed by atoms with E-state index >= 15 is 0 Å². The van der Waals surface area contributed by atoms with Gasteiger partial charge < -0.3 is 10.1 Å². The lowest BCUT2D eigenvalue weighted by atomic mass is 10.0. The quantitative estimate of drug-likeness (QED) is 0.541. The average molecular weight is 457 g/mol. The van der Waals surface area contributed by atoms with Gasteiger partial charge in [0.1, 0.15) is 23.5 Å². The van der Waals surface area contributed by atoms with Crippen molar-refractivity contribution in [2.24, 2.45) is 0 Å². The van der Waals surface area contributed by atoms with Crippen LogP contribution in [-0.2, 0) is 4.79 Å². The fourth-order valence-corrected chi connectivity index (χ4v) is 4.50. The number of ether oxygens (including phenoxy) is 1. The fourth-order valence-electron chi connectivity index (χ4n) is 2.72. The summed E-state index contributed by atoms with van der Waals surface area (Å²) in [5.74, 6) is 0.290. The first-order valence-electron chi connectivity index (χ1n) is 8.47. The molecule has 3 rings (SSSR count). The SMILES string of the molecule is COc1ccc(Cl)cc1NC(=O)CSc1[nH+]c(N)c(C#N)c(-c2cccs2)c1C#N. The van der Waals surface area contributed by atoms with Crippen molar-refractivity contribution >= 4 is 52.1 Å². The fraction of sp³-hybridized carbons (Fsp3) is 0.100. The van der Waals surface area contributed by atoms with Gasteiger partial charge in [0.2, 0.25) is 5.91 Å². The van der Waals surface area contributed by atoms with Crippen molar-refractivity contribution in [3.8, 4) is 28.3 Å². The number of nitrogens with two attached hydrogens (primary N) is 1. The zero-order chi connectivity index (χ0) is 21.7. The van der Waals surface area contributed by atoms with E-state index in [2.05, 4.69) is 22.4 Å². The molecule has 0 saturated carbocycles. The number of aromatic nitrogens is 1. The van der Waals surface area contributed by atoms with Gasteiger partial charge in [-0.2, -0.15) is 10.5 Å². The van der Waals surface area contributed by atoms with Gasteiger partial charge in [0, 0.05) is 15.5 Å². The van der Waals surface area contributed by atoms with E-state index in [0.29, 0.717) is 27.0 Å². The van der Waals surface area contributed by atoms with Crippen LogP contribution in [0.1, 0.15) is 11.1 Å². The zero-order valence-electron chi connectivity index (χ0n) is 15.7. The van der Waals surface area contributed by atoms with E-state index in [0.717, 1.165) is 16.6 Å². The van der Waals surface area contributed by atoms with Gasteiger partial charge in [-0.3, -0.25) is 10.5 Å². The Morgan fingerprint density at radius 3 is 2.73 bits per heavy atom. The van der Waals surface area contributed by atoms with E-state index in [1.54, 1.807) is 18.2 Å². The summed E-state index contributed by atoms with van der Waals surface area (Å²) in [7, 11) is 1.49. The molecular weight excluding hydrogens is 442 g/mol. The number of aromatic amines is 1. The number of benzene rings is 1. The number of H-pyrrole nitrogens is 1. The first-order valence-corrected chi connectivity index (χ1v) is 10.7. The number of nitrogen functional groups attached to an aromatic ring is 1. The monoisotopic (exact) mass is 456 g/mol. The summed E-state index contributed by atoms with van der Waals surface area (Å²) in [5.41, 5.74) is 7.39. The van der Waals surface area contributed by atoms with E-state index in [-0.39, 0.29) is 28.6 Å². The number of amides is 1. The Labute approximate surface area is 186 Å². The minimum atomic E-state index is -0.321. The highest BCUT2D eigenvalue weighted by Crippen LogP contribution is 2.36. The minimum Gasteiger partial charge on any atom is -0.495 e. The van der Waals surface area contributed by atoms with Crippen molar-refractivity contribution in [1.29, 1.82) is 10.5 Å². The topological polar surface area (TPSA) is 126 Å². The van der Waals surface area contributed by atoms with Crippen molar-refractivity contribution in [3.63, 3.8) is 0 Å². The largest absolute Gasteiger partial charge is 0.495 e. The number of carbonyl (C=O) groups is 1. The molecule has 0 unspecified atom stereocenters. The summed E-state index contributed by atoms with van der Waals surface area (Å²) in [6.45, 7) is 0. The number of thioether (sulfide) groups is 1. The van der Waals surface area contributed by atoms with Crippen molar-refractivity contribution in [2.45, 2.75) is 5.03 Å². The van der Waals surface area contributed by atoms with Gasteiger partial charge in [-0.15, -0.1) is 11.3 Å². The molecule has 30 heavy (non-hydrogen) atoms. The van der Waals surface area contributed by atoms with Gasteiger partial charge >= 0.3 is 0 Å². The molecule has 2 aromatic heterocycles. The molecule has 0 radical (unpaired) electrons. The standard InChI is InChI=1S/C20H14ClN5O2S2/c1-28-15-5-4-11(21)7-14(15)25-17(27)10-30-20-13(9-23)18(16-3-2-6-29-16)12(8-22)19(24)26-20/h2-7H,10H2,1H3,(H2,24,26)(H,25,27)/p+1. The molecule has 3 aromatic rings. The van der Waals surface area contributed by atoms with E-state index in [1.165, 1.54) is 18.4 Å². The smallest absolute Gasteiger partial charge is 0.289 e. The maximum Gasteiger partial charge on any atom is 0.289 e. The lowest BCUT2D eigenvalue weighted by Crippen LogP contribution is -2.21. The molecule has 150 valence electrons. The maximum absolute atomic E-state index is 12.5. The second-order valence-corrected chi connectivity index (χ2v) is 8.24. The third-order valence-electron chi connectivity index (χ3n) is 4.02.